The topological polar surface area (TPSA) is 89.6 Å². The average molecular weight is 221 g/mol. The van der Waals surface area contributed by atoms with E-state index in [-0.39, 0.29) is 18.4 Å². The molecule has 1 aliphatic rings. The van der Waals surface area contributed by atoms with Gasteiger partial charge in [0, 0.05) is 24.0 Å². The minimum absolute atomic E-state index is 0.0516. The third-order valence-corrected chi connectivity index (χ3v) is 3.91. The van der Waals surface area contributed by atoms with Gasteiger partial charge < -0.3 is 15.6 Å². The van der Waals surface area contributed by atoms with Crippen LogP contribution in [-0.2, 0) is 20.3 Å². The number of aliphatic carboxylic acids is 1. The summed E-state index contributed by atoms with van der Waals surface area (Å²) in [6, 6.07) is 0. The van der Waals surface area contributed by atoms with Crippen LogP contribution < -0.4 is 5.73 Å². The second kappa shape index (κ2) is 5.43. The van der Waals surface area contributed by atoms with Gasteiger partial charge in [-0.15, -0.1) is 0 Å². The molecule has 0 spiro atoms. The Morgan fingerprint density at radius 1 is 1.71 bits per heavy atom. The van der Waals surface area contributed by atoms with Crippen LogP contribution in [-0.4, -0.2) is 45.5 Å². The Morgan fingerprint density at radius 2 is 2.43 bits per heavy atom. The zero-order chi connectivity index (χ0) is 10.6. The summed E-state index contributed by atoms with van der Waals surface area (Å²) in [4.78, 5) is 10.6. The smallest absolute Gasteiger partial charge is 0.320 e. The first-order chi connectivity index (χ1) is 6.65. The number of hydrogen-bond donors (Lipinski definition) is 2. The summed E-state index contributed by atoms with van der Waals surface area (Å²) in [5.74, 6) is -0.808. The lowest BCUT2D eigenvalue weighted by atomic mass is 10.3. The van der Waals surface area contributed by atoms with Gasteiger partial charge in [0.05, 0.1) is 11.9 Å². The standard InChI is InChI=1S/C8H15NO4S/c9-4-7(8(10)11)14(12)5-6-2-1-3-13-6/h6-7H,1-5,9H2,(H,10,11). The molecule has 0 aromatic carbocycles. The molecule has 0 aromatic heterocycles. The molecule has 1 heterocycles. The van der Waals surface area contributed by atoms with Gasteiger partial charge in [0.2, 0.25) is 0 Å². The van der Waals surface area contributed by atoms with E-state index >= 15 is 0 Å². The average Bonchev–Trinajstić information content (AvgIpc) is 2.57. The van der Waals surface area contributed by atoms with Crippen molar-refractivity contribution in [1.82, 2.24) is 0 Å². The molecule has 3 N–H and O–H groups in total. The lowest BCUT2D eigenvalue weighted by Crippen LogP contribution is -2.36. The second-order valence-corrected chi connectivity index (χ2v) is 4.91. The molecule has 3 unspecified atom stereocenters. The van der Waals surface area contributed by atoms with Crippen molar-refractivity contribution in [3.63, 3.8) is 0 Å². The number of carboxylic acids is 1. The molecule has 14 heavy (non-hydrogen) atoms. The van der Waals surface area contributed by atoms with Crippen molar-refractivity contribution in [1.29, 1.82) is 0 Å². The number of carboxylic acid groups (broad SMARTS) is 1. The Bertz CT molecular complexity index is 227. The Labute approximate surface area is 85.1 Å². The zero-order valence-electron chi connectivity index (χ0n) is 7.85. The van der Waals surface area contributed by atoms with Crippen LogP contribution in [0.1, 0.15) is 12.8 Å². The van der Waals surface area contributed by atoms with Crippen LogP contribution >= 0.6 is 0 Å². The van der Waals surface area contributed by atoms with Gasteiger partial charge in [-0.2, -0.15) is 0 Å². The van der Waals surface area contributed by atoms with Gasteiger partial charge in [-0.25, -0.2) is 0 Å². The highest BCUT2D eigenvalue weighted by Gasteiger charge is 2.27. The molecule has 1 fully saturated rings. The highest BCUT2D eigenvalue weighted by molar-refractivity contribution is 7.86. The molecule has 0 radical (unpaired) electrons. The third-order valence-electron chi connectivity index (χ3n) is 2.18. The Morgan fingerprint density at radius 3 is 2.86 bits per heavy atom. The van der Waals surface area contributed by atoms with E-state index in [1.807, 2.05) is 0 Å². The second-order valence-electron chi connectivity index (χ2n) is 3.25. The van der Waals surface area contributed by atoms with E-state index in [2.05, 4.69) is 0 Å². The Kier molecular flexibility index (Phi) is 4.50. The molecule has 3 atom stereocenters. The molecule has 82 valence electrons. The van der Waals surface area contributed by atoms with E-state index in [9.17, 15) is 9.00 Å². The number of carbonyl (C=O) groups is 1. The Balaban J connectivity index is 2.42. The molecular formula is C8H15NO4S. The largest absolute Gasteiger partial charge is 0.480 e. The molecule has 5 nitrogen and oxygen atoms in total. The van der Waals surface area contributed by atoms with E-state index < -0.39 is 22.0 Å². The number of hydrogen-bond acceptors (Lipinski definition) is 4. The summed E-state index contributed by atoms with van der Waals surface area (Å²) in [6.45, 7) is 0.594. The molecular weight excluding hydrogens is 206 g/mol. The first-order valence-corrected chi connectivity index (χ1v) is 5.95. The van der Waals surface area contributed by atoms with Crippen LogP contribution in [0.3, 0.4) is 0 Å². The first-order valence-electron chi connectivity index (χ1n) is 4.56. The molecule has 1 saturated heterocycles. The van der Waals surface area contributed by atoms with Gasteiger partial charge in [-0.05, 0) is 12.8 Å². The molecule has 0 aromatic rings. The third kappa shape index (κ3) is 3.04. The first kappa shape index (κ1) is 11.6. The van der Waals surface area contributed by atoms with E-state index in [0.29, 0.717) is 6.61 Å². The highest BCUT2D eigenvalue weighted by atomic mass is 32.2. The maximum Gasteiger partial charge on any atom is 0.320 e. The zero-order valence-corrected chi connectivity index (χ0v) is 8.66. The van der Waals surface area contributed by atoms with E-state index in [4.69, 9.17) is 15.6 Å². The number of rotatable bonds is 5. The van der Waals surface area contributed by atoms with Gasteiger partial charge in [0.15, 0.2) is 0 Å². The van der Waals surface area contributed by atoms with Crippen molar-refractivity contribution in [2.45, 2.75) is 24.2 Å². The molecule has 1 rings (SSSR count). The van der Waals surface area contributed by atoms with Crippen LogP contribution in [0.4, 0.5) is 0 Å². The normalized spacial score (nSPS) is 25.9. The van der Waals surface area contributed by atoms with Gasteiger partial charge in [0.25, 0.3) is 0 Å². The monoisotopic (exact) mass is 221 g/mol. The molecule has 6 heteroatoms. The van der Waals surface area contributed by atoms with Gasteiger partial charge >= 0.3 is 5.97 Å². The molecule has 0 amide bonds. The van der Waals surface area contributed by atoms with Crippen LogP contribution in [0, 0.1) is 0 Å². The fourth-order valence-corrected chi connectivity index (χ4v) is 2.70. The summed E-state index contributed by atoms with van der Waals surface area (Å²) in [7, 11) is -1.43. The lowest BCUT2D eigenvalue weighted by Gasteiger charge is -2.13. The van der Waals surface area contributed by atoms with Crippen LogP contribution in [0.2, 0.25) is 0 Å². The van der Waals surface area contributed by atoms with E-state index in [0.717, 1.165) is 12.8 Å². The summed E-state index contributed by atoms with van der Waals surface area (Å²) < 4.78 is 16.8. The maximum atomic E-state index is 11.5. The van der Waals surface area contributed by atoms with Crippen molar-refractivity contribution < 1.29 is 18.8 Å². The summed E-state index contributed by atoms with van der Waals surface area (Å²) in [5.41, 5.74) is 5.23. The maximum absolute atomic E-state index is 11.5. The quantitative estimate of drug-likeness (QED) is 0.642. The van der Waals surface area contributed by atoms with Gasteiger partial charge in [0.1, 0.15) is 5.25 Å². The minimum atomic E-state index is -1.43. The summed E-state index contributed by atoms with van der Waals surface area (Å²) in [6.07, 6.45) is 1.77. The molecule has 0 bridgehead atoms. The highest BCUT2D eigenvalue weighted by Crippen LogP contribution is 2.14. The van der Waals surface area contributed by atoms with Crippen LogP contribution in [0.15, 0.2) is 0 Å². The molecule has 0 aliphatic carbocycles. The van der Waals surface area contributed by atoms with Crippen molar-refractivity contribution in [2.24, 2.45) is 5.73 Å². The molecule has 0 saturated carbocycles. The number of nitrogens with two attached hydrogens (primary N) is 1. The van der Waals surface area contributed by atoms with Crippen molar-refractivity contribution in [3.8, 4) is 0 Å². The molecule has 1 aliphatic heterocycles. The number of ether oxygens (including phenoxy) is 1. The lowest BCUT2D eigenvalue weighted by molar-refractivity contribution is -0.136. The predicted molar refractivity (Wildman–Crippen MR) is 52.5 cm³/mol. The van der Waals surface area contributed by atoms with Gasteiger partial charge in [-0.3, -0.25) is 9.00 Å². The van der Waals surface area contributed by atoms with Gasteiger partial charge in [-0.1, -0.05) is 0 Å². The van der Waals surface area contributed by atoms with E-state index in [1.165, 1.54) is 0 Å². The van der Waals surface area contributed by atoms with Crippen molar-refractivity contribution >= 4 is 16.8 Å². The predicted octanol–water partition coefficient (Wildman–Crippen LogP) is -0.674. The van der Waals surface area contributed by atoms with Crippen LogP contribution in [0.25, 0.3) is 0 Å². The minimum Gasteiger partial charge on any atom is -0.480 e. The fraction of sp³-hybridized carbons (Fsp3) is 0.875. The fourth-order valence-electron chi connectivity index (χ4n) is 1.40. The van der Waals surface area contributed by atoms with Crippen molar-refractivity contribution in [3.05, 3.63) is 0 Å². The summed E-state index contributed by atoms with van der Waals surface area (Å²) in [5, 5.41) is 7.74. The van der Waals surface area contributed by atoms with Crippen LogP contribution in [0.5, 0.6) is 0 Å². The summed E-state index contributed by atoms with van der Waals surface area (Å²) >= 11 is 0. The SMILES string of the molecule is NCC(C(=O)O)S(=O)CC1CCCO1. The van der Waals surface area contributed by atoms with E-state index in [1.54, 1.807) is 0 Å². The Hall–Kier alpha value is -0.460. The van der Waals surface area contributed by atoms with Crippen molar-refractivity contribution in [2.75, 3.05) is 18.9 Å².